The fourth-order valence-electron chi connectivity index (χ4n) is 3.11. The first kappa shape index (κ1) is 23.5. The number of hydrogen-bond donors (Lipinski definition) is 1. The van der Waals surface area contributed by atoms with Crippen LogP contribution in [-0.2, 0) is 4.79 Å². The number of nitrogens with zero attached hydrogens (tertiary/aromatic N) is 4. The Balaban J connectivity index is 1.45. The van der Waals surface area contributed by atoms with Gasteiger partial charge < -0.3 is 0 Å². The third kappa shape index (κ3) is 6.21. The van der Waals surface area contributed by atoms with E-state index in [4.69, 9.17) is 11.6 Å². The van der Waals surface area contributed by atoms with Crippen LogP contribution < -0.4 is 5.43 Å². The molecule has 0 spiro atoms. The van der Waals surface area contributed by atoms with Crippen molar-refractivity contribution in [2.75, 3.05) is 5.75 Å². The molecule has 0 fully saturated rings. The van der Waals surface area contributed by atoms with E-state index in [-0.39, 0.29) is 11.7 Å². The van der Waals surface area contributed by atoms with Crippen molar-refractivity contribution in [3.05, 3.63) is 101 Å². The highest BCUT2D eigenvalue weighted by Gasteiger charge is 2.17. The molecule has 4 aromatic rings. The number of carbonyl (C=O) groups is 1. The Morgan fingerprint density at radius 2 is 1.76 bits per heavy atom. The van der Waals surface area contributed by atoms with E-state index < -0.39 is 0 Å². The van der Waals surface area contributed by atoms with Gasteiger partial charge in [-0.3, -0.25) is 9.36 Å². The summed E-state index contributed by atoms with van der Waals surface area (Å²) in [7, 11) is 0. The fraction of sp³-hybridized carbons (Fsp3) is 0.0769. The normalized spacial score (nSPS) is 11.4. The fourth-order valence-corrected chi connectivity index (χ4v) is 3.98. The number of allylic oxidation sites excluding steroid dienone is 1. The van der Waals surface area contributed by atoms with Crippen molar-refractivity contribution in [2.45, 2.75) is 12.1 Å². The number of thioether (sulfide) groups is 1. The summed E-state index contributed by atoms with van der Waals surface area (Å²) in [4.78, 5) is 12.3. The third-order valence-electron chi connectivity index (χ3n) is 4.80. The molecule has 1 heterocycles. The van der Waals surface area contributed by atoms with E-state index in [1.807, 2.05) is 96.4 Å². The predicted molar refractivity (Wildman–Crippen MR) is 139 cm³/mol. The van der Waals surface area contributed by atoms with Crippen molar-refractivity contribution in [3.8, 4) is 17.1 Å². The van der Waals surface area contributed by atoms with Crippen molar-refractivity contribution in [3.63, 3.8) is 0 Å². The number of nitrogens with one attached hydrogen (secondary N) is 1. The van der Waals surface area contributed by atoms with E-state index in [9.17, 15) is 4.79 Å². The van der Waals surface area contributed by atoms with Crippen LogP contribution in [-0.4, -0.2) is 32.6 Å². The molecule has 170 valence electrons. The van der Waals surface area contributed by atoms with Crippen LogP contribution in [0.4, 0.5) is 0 Å². The van der Waals surface area contributed by atoms with E-state index >= 15 is 0 Å². The van der Waals surface area contributed by atoms with E-state index in [2.05, 4.69) is 20.7 Å². The molecule has 0 bridgehead atoms. The molecule has 1 N–H and O–H groups in total. The minimum absolute atomic E-state index is 0.138. The first-order valence-corrected chi connectivity index (χ1v) is 11.9. The van der Waals surface area contributed by atoms with Crippen molar-refractivity contribution < 1.29 is 4.79 Å². The Bertz CT molecular complexity index is 1300. The molecule has 6 nitrogen and oxygen atoms in total. The summed E-state index contributed by atoms with van der Waals surface area (Å²) in [6.45, 7) is 2.04. The highest BCUT2D eigenvalue weighted by atomic mass is 35.5. The van der Waals surface area contributed by atoms with Crippen LogP contribution >= 0.6 is 23.4 Å². The first-order chi connectivity index (χ1) is 16.6. The maximum atomic E-state index is 12.3. The Labute approximate surface area is 207 Å². The van der Waals surface area contributed by atoms with Gasteiger partial charge in [-0.15, -0.1) is 10.2 Å². The summed E-state index contributed by atoms with van der Waals surface area (Å²) >= 11 is 7.36. The second-order valence-electron chi connectivity index (χ2n) is 7.36. The molecule has 0 aliphatic heterocycles. The number of amides is 1. The lowest BCUT2D eigenvalue weighted by atomic mass is 10.1. The zero-order valence-electron chi connectivity index (χ0n) is 18.4. The lowest BCUT2D eigenvalue weighted by Gasteiger charge is -2.10. The molecule has 0 atom stereocenters. The van der Waals surface area contributed by atoms with Crippen LogP contribution in [0.3, 0.4) is 0 Å². The van der Waals surface area contributed by atoms with Gasteiger partial charge in [-0.25, -0.2) is 5.43 Å². The van der Waals surface area contributed by atoms with Gasteiger partial charge in [-0.2, -0.15) is 5.10 Å². The van der Waals surface area contributed by atoms with Gasteiger partial charge in [-0.05, 0) is 42.8 Å². The van der Waals surface area contributed by atoms with Crippen LogP contribution in [0.5, 0.6) is 0 Å². The highest BCUT2D eigenvalue weighted by molar-refractivity contribution is 7.99. The second-order valence-corrected chi connectivity index (χ2v) is 8.73. The van der Waals surface area contributed by atoms with Gasteiger partial charge in [0.05, 0.1) is 5.75 Å². The number of benzene rings is 3. The Kier molecular flexibility index (Phi) is 7.91. The predicted octanol–water partition coefficient (Wildman–Crippen LogP) is 5.80. The molecular weight excluding hydrogens is 466 g/mol. The molecule has 0 aliphatic rings. The Hall–Kier alpha value is -3.68. The Morgan fingerprint density at radius 3 is 2.50 bits per heavy atom. The standard InChI is InChI=1S/C26H22ClN5OS/c1-19-9-11-21(12-10-19)25-30-31-26(32(25)23-15-13-22(27)14-16-23)34-18-24(33)29-28-17-5-8-20-6-3-2-4-7-20/h2-17H,18H2,1H3,(H,29,33). The van der Waals surface area contributed by atoms with Gasteiger partial charge in [0, 0.05) is 22.5 Å². The molecule has 34 heavy (non-hydrogen) atoms. The number of carbonyl (C=O) groups excluding carboxylic acids is 1. The van der Waals surface area contributed by atoms with Crippen LogP contribution in [0.2, 0.25) is 5.02 Å². The maximum Gasteiger partial charge on any atom is 0.250 e. The summed E-state index contributed by atoms with van der Waals surface area (Å²) in [6.07, 6.45) is 5.22. The average Bonchev–Trinajstić information content (AvgIpc) is 3.28. The van der Waals surface area contributed by atoms with Gasteiger partial charge in [0.1, 0.15) is 0 Å². The quantitative estimate of drug-likeness (QED) is 0.193. The minimum Gasteiger partial charge on any atom is -0.272 e. The second kappa shape index (κ2) is 11.4. The number of halogens is 1. The highest BCUT2D eigenvalue weighted by Crippen LogP contribution is 2.28. The van der Waals surface area contributed by atoms with Gasteiger partial charge in [0.25, 0.3) is 5.91 Å². The van der Waals surface area contributed by atoms with Crippen LogP contribution in [0.25, 0.3) is 23.2 Å². The Morgan fingerprint density at radius 1 is 1.03 bits per heavy atom. The smallest absolute Gasteiger partial charge is 0.250 e. The minimum atomic E-state index is -0.239. The van der Waals surface area contributed by atoms with Crippen molar-refractivity contribution in [1.82, 2.24) is 20.2 Å². The topological polar surface area (TPSA) is 72.2 Å². The molecule has 1 amide bonds. The SMILES string of the molecule is Cc1ccc(-c2nnc(SCC(=O)NN=CC=Cc3ccccc3)n2-c2ccc(Cl)cc2)cc1. The summed E-state index contributed by atoms with van der Waals surface area (Å²) in [5.41, 5.74) is 6.54. The van der Waals surface area contributed by atoms with Gasteiger partial charge in [0.2, 0.25) is 0 Å². The molecule has 8 heteroatoms. The summed E-state index contributed by atoms with van der Waals surface area (Å²) in [5, 5.41) is 13.9. The molecule has 0 unspecified atom stereocenters. The van der Waals surface area contributed by atoms with Gasteiger partial charge in [0.15, 0.2) is 11.0 Å². The molecular formula is C26H22ClN5OS. The lowest BCUT2D eigenvalue weighted by molar-refractivity contribution is -0.118. The summed E-state index contributed by atoms with van der Waals surface area (Å²) < 4.78 is 1.92. The van der Waals surface area contributed by atoms with Gasteiger partial charge >= 0.3 is 0 Å². The first-order valence-electron chi connectivity index (χ1n) is 10.5. The molecule has 4 rings (SSSR count). The van der Waals surface area contributed by atoms with Crippen LogP contribution in [0.15, 0.2) is 95.2 Å². The third-order valence-corrected chi connectivity index (χ3v) is 5.98. The maximum absolute atomic E-state index is 12.3. The van der Waals surface area contributed by atoms with Crippen molar-refractivity contribution in [2.24, 2.45) is 5.10 Å². The van der Waals surface area contributed by atoms with E-state index in [0.29, 0.717) is 16.0 Å². The lowest BCUT2D eigenvalue weighted by Crippen LogP contribution is -2.19. The molecule has 1 aromatic heterocycles. The van der Waals surface area contributed by atoms with Crippen LogP contribution in [0, 0.1) is 6.92 Å². The van der Waals surface area contributed by atoms with Gasteiger partial charge in [-0.1, -0.05) is 89.6 Å². The van der Waals surface area contributed by atoms with E-state index in [1.54, 1.807) is 12.3 Å². The molecule has 0 aliphatic carbocycles. The molecule has 0 saturated heterocycles. The monoisotopic (exact) mass is 487 g/mol. The number of aryl methyl sites for hydroxylation is 1. The molecule has 3 aromatic carbocycles. The summed E-state index contributed by atoms with van der Waals surface area (Å²) in [6, 6.07) is 25.3. The summed E-state index contributed by atoms with van der Waals surface area (Å²) in [5.74, 6) is 0.588. The zero-order chi connectivity index (χ0) is 23.8. The van der Waals surface area contributed by atoms with Crippen LogP contribution in [0.1, 0.15) is 11.1 Å². The zero-order valence-corrected chi connectivity index (χ0v) is 20.0. The molecule has 0 radical (unpaired) electrons. The largest absolute Gasteiger partial charge is 0.272 e. The number of hydrogen-bond acceptors (Lipinski definition) is 5. The van der Waals surface area contributed by atoms with E-state index in [0.717, 1.165) is 22.4 Å². The van der Waals surface area contributed by atoms with Crippen molar-refractivity contribution in [1.29, 1.82) is 0 Å². The van der Waals surface area contributed by atoms with E-state index in [1.165, 1.54) is 11.8 Å². The average molecular weight is 488 g/mol. The number of hydrazone groups is 1. The van der Waals surface area contributed by atoms with Crippen molar-refractivity contribution >= 4 is 41.6 Å². The number of aromatic nitrogens is 3. The number of rotatable bonds is 8. The molecule has 0 saturated carbocycles.